The molecule has 1 aromatic carbocycles. The van der Waals surface area contributed by atoms with Crippen molar-refractivity contribution >= 4 is 17.2 Å². The third kappa shape index (κ3) is 2.72. The summed E-state index contributed by atoms with van der Waals surface area (Å²) >= 11 is 1.62. The SMILES string of the molecule is COc1ccc2c(c1)CCc1cc(C(=O)N3CCO[C@H](C)C3)sc1-2. The summed E-state index contributed by atoms with van der Waals surface area (Å²) in [4.78, 5) is 16.8. The predicted molar refractivity (Wildman–Crippen MR) is 95.0 cm³/mol. The van der Waals surface area contributed by atoms with Gasteiger partial charge in [0.15, 0.2) is 0 Å². The number of rotatable bonds is 2. The normalized spacial score (nSPS) is 19.6. The van der Waals surface area contributed by atoms with Crippen molar-refractivity contribution < 1.29 is 14.3 Å². The van der Waals surface area contributed by atoms with Gasteiger partial charge in [0.2, 0.25) is 0 Å². The monoisotopic (exact) mass is 343 g/mol. The molecule has 1 atom stereocenters. The molecule has 126 valence electrons. The first kappa shape index (κ1) is 15.7. The highest BCUT2D eigenvalue weighted by atomic mass is 32.1. The lowest BCUT2D eigenvalue weighted by molar-refractivity contribution is -0.0122. The Kier molecular flexibility index (Phi) is 4.06. The maximum absolute atomic E-state index is 12.8. The van der Waals surface area contributed by atoms with Crippen LogP contribution in [0.2, 0.25) is 0 Å². The number of aryl methyl sites for hydroxylation is 2. The van der Waals surface area contributed by atoms with Crippen LogP contribution in [0.3, 0.4) is 0 Å². The summed E-state index contributed by atoms with van der Waals surface area (Å²) in [7, 11) is 1.70. The van der Waals surface area contributed by atoms with Crippen molar-refractivity contribution in [3.05, 3.63) is 40.3 Å². The van der Waals surface area contributed by atoms with Crippen molar-refractivity contribution in [3.63, 3.8) is 0 Å². The van der Waals surface area contributed by atoms with E-state index in [9.17, 15) is 4.79 Å². The van der Waals surface area contributed by atoms with Crippen molar-refractivity contribution in [2.24, 2.45) is 0 Å². The van der Waals surface area contributed by atoms with Gasteiger partial charge in [-0.3, -0.25) is 4.79 Å². The van der Waals surface area contributed by atoms with Gasteiger partial charge in [0.05, 0.1) is 24.7 Å². The Morgan fingerprint density at radius 3 is 2.92 bits per heavy atom. The lowest BCUT2D eigenvalue weighted by Gasteiger charge is -2.30. The van der Waals surface area contributed by atoms with Gasteiger partial charge in [0, 0.05) is 18.0 Å². The van der Waals surface area contributed by atoms with Crippen LogP contribution in [0.1, 0.15) is 27.7 Å². The van der Waals surface area contributed by atoms with E-state index in [4.69, 9.17) is 9.47 Å². The second kappa shape index (κ2) is 6.22. The average Bonchev–Trinajstić information content (AvgIpc) is 3.05. The Morgan fingerprint density at radius 1 is 1.29 bits per heavy atom. The Bertz CT molecular complexity index is 783. The number of fused-ring (bicyclic) bond motifs is 3. The van der Waals surface area contributed by atoms with Gasteiger partial charge in [-0.25, -0.2) is 0 Å². The number of hydrogen-bond acceptors (Lipinski definition) is 4. The van der Waals surface area contributed by atoms with E-state index in [2.05, 4.69) is 18.2 Å². The molecule has 1 aliphatic heterocycles. The number of carbonyl (C=O) groups is 1. The molecule has 4 nitrogen and oxygen atoms in total. The summed E-state index contributed by atoms with van der Waals surface area (Å²) < 4.78 is 10.9. The van der Waals surface area contributed by atoms with Gasteiger partial charge >= 0.3 is 0 Å². The summed E-state index contributed by atoms with van der Waals surface area (Å²) in [5.41, 5.74) is 3.85. The Labute approximate surface area is 146 Å². The average molecular weight is 343 g/mol. The van der Waals surface area contributed by atoms with E-state index in [0.29, 0.717) is 19.7 Å². The van der Waals surface area contributed by atoms with Crippen LogP contribution in [-0.4, -0.2) is 43.7 Å². The number of thiophene rings is 1. The van der Waals surface area contributed by atoms with Crippen molar-refractivity contribution in [3.8, 4) is 16.2 Å². The van der Waals surface area contributed by atoms with Crippen LogP contribution in [0.4, 0.5) is 0 Å². The van der Waals surface area contributed by atoms with Gasteiger partial charge in [-0.2, -0.15) is 0 Å². The quantitative estimate of drug-likeness (QED) is 0.839. The van der Waals surface area contributed by atoms with Gasteiger partial charge in [0.25, 0.3) is 5.91 Å². The molecule has 1 saturated heterocycles. The number of methoxy groups -OCH3 is 1. The lowest BCUT2D eigenvalue weighted by Crippen LogP contribution is -2.44. The van der Waals surface area contributed by atoms with Crippen LogP contribution < -0.4 is 4.74 Å². The van der Waals surface area contributed by atoms with Crippen LogP contribution in [-0.2, 0) is 17.6 Å². The zero-order valence-electron chi connectivity index (χ0n) is 14.0. The number of carbonyl (C=O) groups excluding carboxylic acids is 1. The molecule has 0 bridgehead atoms. The first-order chi connectivity index (χ1) is 11.7. The zero-order chi connectivity index (χ0) is 16.7. The molecule has 4 rings (SSSR count). The van der Waals surface area contributed by atoms with Gasteiger partial charge in [-0.15, -0.1) is 11.3 Å². The molecule has 0 N–H and O–H groups in total. The van der Waals surface area contributed by atoms with Crippen molar-refractivity contribution in [1.82, 2.24) is 4.90 Å². The highest BCUT2D eigenvalue weighted by molar-refractivity contribution is 7.17. The van der Waals surface area contributed by atoms with Crippen molar-refractivity contribution in [1.29, 1.82) is 0 Å². The molecule has 2 aromatic rings. The number of ether oxygens (including phenoxy) is 2. The third-order valence-corrected chi connectivity index (χ3v) is 5.97. The fourth-order valence-corrected chi connectivity index (χ4v) is 4.74. The zero-order valence-corrected chi connectivity index (χ0v) is 14.8. The highest BCUT2D eigenvalue weighted by Gasteiger charge is 2.27. The second-order valence-electron chi connectivity index (χ2n) is 6.42. The lowest BCUT2D eigenvalue weighted by atomic mass is 9.91. The minimum atomic E-state index is 0.116. The van der Waals surface area contributed by atoms with E-state index in [1.807, 2.05) is 17.9 Å². The van der Waals surface area contributed by atoms with E-state index in [-0.39, 0.29) is 12.0 Å². The fraction of sp³-hybridized carbons (Fsp3) is 0.421. The number of morpholine rings is 1. The molecule has 24 heavy (non-hydrogen) atoms. The number of hydrogen-bond donors (Lipinski definition) is 0. The third-order valence-electron chi connectivity index (χ3n) is 4.77. The Hall–Kier alpha value is -1.85. The summed E-state index contributed by atoms with van der Waals surface area (Å²) in [5, 5.41) is 0. The topological polar surface area (TPSA) is 38.8 Å². The molecule has 0 radical (unpaired) electrons. The van der Waals surface area contributed by atoms with Crippen LogP contribution in [0.5, 0.6) is 5.75 Å². The standard InChI is InChI=1S/C19H21NO3S/c1-12-11-20(7-8-23-12)19(21)17-10-14-4-3-13-9-15(22-2)5-6-16(13)18(14)24-17/h5-6,9-10,12H,3-4,7-8,11H2,1-2H3/t12-/m1/s1. The summed E-state index contributed by atoms with van der Waals surface area (Å²) in [6.45, 7) is 4.00. The van der Waals surface area contributed by atoms with E-state index >= 15 is 0 Å². The van der Waals surface area contributed by atoms with Gasteiger partial charge < -0.3 is 14.4 Å². The Morgan fingerprint density at radius 2 is 2.12 bits per heavy atom. The Balaban J connectivity index is 1.65. The molecule has 5 heteroatoms. The van der Waals surface area contributed by atoms with Crippen LogP contribution in [0.25, 0.3) is 10.4 Å². The van der Waals surface area contributed by atoms with E-state index < -0.39 is 0 Å². The molecule has 1 aliphatic carbocycles. The highest BCUT2D eigenvalue weighted by Crippen LogP contribution is 2.41. The smallest absolute Gasteiger partial charge is 0.264 e. The summed E-state index contributed by atoms with van der Waals surface area (Å²) in [6.07, 6.45) is 2.10. The second-order valence-corrected chi connectivity index (χ2v) is 7.47. The number of amides is 1. The molecule has 2 aliphatic rings. The van der Waals surface area contributed by atoms with Crippen LogP contribution in [0.15, 0.2) is 24.3 Å². The molecule has 1 aromatic heterocycles. The van der Waals surface area contributed by atoms with Gasteiger partial charge in [-0.05, 0) is 60.7 Å². The molecular formula is C19H21NO3S. The molecule has 0 saturated carbocycles. The predicted octanol–water partition coefficient (Wildman–Crippen LogP) is 3.38. The van der Waals surface area contributed by atoms with Gasteiger partial charge in [0.1, 0.15) is 5.75 Å². The largest absolute Gasteiger partial charge is 0.497 e. The molecule has 1 fully saturated rings. The molecule has 1 amide bonds. The molecular weight excluding hydrogens is 322 g/mol. The summed E-state index contributed by atoms with van der Waals surface area (Å²) in [6, 6.07) is 8.32. The minimum Gasteiger partial charge on any atom is -0.497 e. The molecule has 2 heterocycles. The number of benzene rings is 1. The maximum Gasteiger partial charge on any atom is 0.264 e. The van der Waals surface area contributed by atoms with E-state index in [0.717, 1.165) is 23.5 Å². The van der Waals surface area contributed by atoms with Crippen molar-refractivity contribution in [2.45, 2.75) is 25.9 Å². The van der Waals surface area contributed by atoms with Crippen molar-refractivity contribution in [2.75, 3.05) is 26.8 Å². The summed E-state index contributed by atoms with van der Waals surface area (Å²) in [5.74, 6) is 1.03. The van der Waals surface area contributed by atoms with E-state index in [1.165, 1.54) is 21.6 Å². The first-order valence-corrected chi connectivity index (χ1v) is 9.18. The minimum absolute atomic E-state index is 0.116. The van der Waals surface area contributed by atoms with Gasteiger partial charge in [-0.1, -0.05) is 0 Å². The van der Waals surface area contributed by atoms with Crippen LogP contribution >= 0.6 is 11.3 Å². The fourth-order valence-electron chi connectivity index (χ4n) is 3.50. The first-order valence-electron chi connectivity index (χ1n) is 8.36. The number of nitrogens with zero attached hydrogens (tertiary/aromatic N) is 1. The molecule has 0 unspecified atom stereocenters. The maximum atomic E-state index is 12.8. The van der Waals surface area contributed by atoms with E-state index in [1.54, 1.807) is 18.4 Å². The molecule has 0 spiro atoms. The van der Waals surface area contributed by atoms with Crippen LogP contribution in [0, 0.1) is 0 Å².